The smallest absolute Gasteiger partial charge is 0.221 e. The Morgan fingerprint density at radius 2 is 1.89 bits per heavy atom. The quantitative estimate of drug-likeness (QED) is 0.858. The maximum atomic E-state index is 11.2. The Bertz CT molecular complexity index is 468. The molecular formula is C15H22N2O. The van der Waals surface area contributed by atoms with Crippen LogP contribution in [0, 0.1) is 20.8 Å². The summed E-state index contributed by atoms with van der Waals surface area (Å²) >= 11 is 0. The van der Waals surface area contributed by atoms with Crippen LogP contribution in [0.4, 0.5) is 0 Å². The topological polar surface area (TPSA) is 41.1 Å². The minimum absolute atomic E-state index is 0.150. The number of rotatable bonds is 3. The number of hydrogen-bond donors (Lipinski definition) is 2. The van der Waals surface area contributed by atoms with Gasteiger partial charge in [0.05, 0.1) is 0 Å². The van der Waals surface area contributed by atoms with Crippen LogP contribution in [-0.4, -0.2) is 18.5 Å². The molecule has 98 valence electrons. The molecule has 0 spiro atoms. The van der Waals surface area contributed by atoms with E-state index >= 15 is 0 Å². The van der Waals surface area contributed by atoms with E-state index in [0.29, 0.717) is 6.42 Å². The van der Waals surface area contributed by atoms with Gasteiger partial charge >= 0.3 is 0 Å². The van der Waals surface area contributed by atoms with E-state index in [0.717, 1.165) is 6.54 Å². The molecule has 3 heteroatoms. The zero-order chi connectivity index (χ0) is 13.3. The fraction of sp³-hybridized carbons (Fsp3) is 0.533. The predicted octanol–water partition coefficient (Wildman–Crippen LogP) is 2.15. The largest absolute Gasteiger partial charge is 0.354 e. The first-order chi connectivity index (χ1) is 8.47. The summed E-state index contributed by atoms with van der Waals surface area (Å²) in [5, 5.41) is 6.39. The molecule has 1 aromatic rings. The van der Waals surface area contributed by atoms with Gasteiger partial charge in [-0.3, -0.25) is 4.79 Å². The molecule has 1 aromatic carbocycles. The van der Waals surface area contributed by atoms with E-state index in [1.807, 2.05) is 0 Å². The third-order valence-corrected chi connectivity index (χ3v) is 3.81. The van der Waals surface area contributed by atoms with E-state index in [-0.39, 0.29) is 18.0 Å². The first-order valence-electron chi connectivity index (χ1n) is 6.58. The third kappa shape index (κ3) is 2.72. The van der Waals surface area contributed by atoms with Crippen LogP contribution in [-0.2, 0) is 4.79 Å². The lowest BCUT2D eigenvalue weighted by molar-refractivity contribution is -0.119. The van der Waals surface area contributed by atoms with Crippen molar-refractivity contribution in [1.82, 2.24) is 10.6 Å². The van der Waals surface area contributed by atoms with Crippen molar-refractivity contribution in [2.75, 3.05) is 6.54 Å². The zero-order valence-corrected chi connectivity index (χ0v) is 11.6. The summed E-state index contributed by atoms with van der Waals surface area (Å²) < 4.78 is 0. The van der Waals surface area contributed by atoms with Gasteiger partial charge in [0.2, 0.25) is 5.91 Å². The van der Waals surface area contributed by atoms with E-state index in [1.165, 1.54) is 22.3 Å². The molecule has 18 heavy (non-hydrogen) atoms. The van der Waals surface area contributed by atoms with Crippen molar-refractivity contribution in [3.63, 3.8) is 0 Å². The van der Waals surface area contributed by atoms with Crippen LogP contribution in [0.2, 0.25) is 0 Å². The molecule has 2 unspecified atom stereocenters. The molecule has 1 fully saturated rings. The molecule has 2 N–H and O–H groups in total. The maximum Gasteiger partial charge on any atom is 0.221 e. The lowest BCUT2D eigenvalue weighted by Crippen LogP contribution is -2.33. The number of hydrogen-bond acceptors (Lipinski definition) is 2. The Hall–Kier alpha value is -1.35. The van der Waals surface area contributed by atoms with Gasteiger partial charge in [0.15, 0.2) is 0 Å². The normalized spacial score (nSPS) is 20.9. The van der Waals surface area contributed by atoms with Crippen molar-refractivity contribution in [1.29, 1.82) is 0 Å². The summed E-state index contributed by atoms with van der Waals surface area (Å²) in [6.45, 7) is 9.35. The highest BCUT2D eigenvalue weighted by molar-refractivity contribution is 5.78. The highest BCUT2D eigenvalue weighted by Gasteiger charge is 2.23. The first kappa shape index (κ1) is 13.1. The average Bonchev–Trinajstić information content (AvgIpc) is 2.69. The van der Waals surface area contributed by atoms with Crippen LogP contribution in [0.15, 0.2) is 12.1 Å². The Labute approximate surface area is 109 Å². The molecule has 1 heterocycles. The first-order valence-corrected chi connectivity index (χ1v) is 6.58. The summed E-state index contributed by atoms with van der Waals surface area (Å²) in [5.41, 5.74) is 5.30. The van der Waals surface area contributed by atoms with Gasteiger partial charge in [-0.2, -0.15) is 0 Å². The average molecular weight is 246 g/mol. The van der Waals surface area contributed by atoms with Crippen molar-refractivity contribution >= 4 is 5.91 Å². The van der Waals surface area contributed by atoms with Crippen molar-refractivity contribution in [2.24, 2.45) is 0 Å². The predicted molar refractivity (Wildman–Crippen MR) is 73.6 cm³/mol. The second-order valence-electron chi connectivity index (χ2n) is 5.39. The van der Waals surface area contributed by atoms with Gasteiger partial charge in [-0.05, 0) is 49.9 Å². The molecule has 2 rings (SSSR count). The van der Waals surface area contributed by atoms with Crippen LogP contribution in [0.25, 0.3) is 0 Å². The number of carbonyl (C=O) groups excluding carboxylic acids is 1. The molecule has 1 aliphatic rings. The summed E-state index contributed by atoms with van der Waals surface area (Å²) in [6, 6.07) is 5.03. The number of aryl methyl sites for hydroxylation is 3. The fourth-order valence-electron chi connectivity index (χ4n) is 2.62. The molecule has 0 aromatic heterocycles. The van der Waals surface area contributed by atoms with Crippen molar-refractivity contribution in [3.05, 3.63) is 34.4 Å². The maximum absolute atomic E-state index is 11.2. The molecule has 0 aliphatic carbocycles. The number of carbonyl (C=O) groups is 1. The van der Waals surface area contributed by atoms with E-state index < -0.39 is 0 Å². The van der Waals surface area contributed by atoms with Gasteiger partial charge in [-0.1, -0.05) is 12.1 Å². The van der Waals surface area contributed by atoms with Gasteiger partial charge in [0.25, 0.3) is 0 Å². The van der Waals surface area contributed by atoms with Crippen LogP contribution < -0.4 is 10.6 Å². The Morgan fingerprint density at radius 1 is 1.22 bits per heavy atom. The van der Waals surface area contributed by atoms with E-state index in [2.05, 4.69) is 50.5 Å². The Balaban J connectivity index is 2.11. The van der Waals surface area contributed by atoms with Gasteiger partial charge in [0.1, 0.15) is 0 Å². The SMILES string of the molecule is Cc1cc(C)c(C(C)NC2CNC(=O)C2)cc1C. The molecule has 0 radical (unpaired) electrons. The number of nitrogens with one attached hydrogen (secondary N) is 2. The molecule has 1 aliphatic heterocycles. The van der Waals surface area contributed by atoms with E-state index in [9.17, 15) is 4.79 Å². The lowest BCUT2D eigenvalue weighted by atomic mass is 9.96. The summed E-state index contributed by atoms with van der Waals surface area (Å²) in [7, 11) is 0. The molecule has 0 bridgehead atoms. The minimum atomic E-state index is 0.150. The van der Waals surface area contributed by atoms with E-state index in [4.69, 9.17) is 0 Å². The van der Waals surface area contributed by atoms with Gasteiger partial charge < -0.3 is 10.6 Å². The van der Waals surface area contributed by atoms with Crippen LogP contribution >= 0.6 is 0 Å². The highest BCUT2D eigenvalue weighted by atomic mass is 16.1. The number of amides is 1. The molecular weight excluding hydrogens is 224 g/mol. The fourth-order valence-corrected chi connectivity index (χ4v) is 2.62. The minimum Gasteiger partial charge on any atom is -0.354 e. The van der Waals surface area contributed by atoms with Crippen molar-refractivity contribution in [3.8, 4) is 0 Å². The highest BCUT2D eigenvalue weighted by Crippen LogP contribution is 2.22. The van der Waals surface area contributed by atoms with Gasteiger partial charge in [-0.15, -0.1) is 0 Å². The van der Waals surface area contributed by atoms with Crippen LogP contribution in [0.1, 0.15) is 41.6 Å². The monoisotopic (exact) mass is 246 g/mol. The zero-order valence-electron chi connectivity index (χ0n) is 11.6. The Kier molecular flexibility index (Phi) is 3.71. The summed E-state index contributed by atoms with van der Waals surface area (Å²) in [4.78, 5) is 11.2. The standard InChI is InChI=1S/C15H22N2O/c1-9-5-11(3)14(6-10(9)2)12(4)17-13-7-15(18)16-8-13/h5-6,12-13,17H,7-8H2,1-4H3,(H,16,18). The molecule has 1 saturated heterocycles. The van der Waals surface area contributed by atoms with Gasteiger partial charge in [0, 0.05) is 25.0 Å². The van der Waals surface area contributed by atoms with Crippen LogP contribution in [0.5, 0.6) is 0 Å². The summed E-state index contributed by atoms with van der Waals surface area (Å²) in [6.07, 6.45) is 0.591. The van der Waals surface area contributed by atoms with E-state index in [1.54, 1.807) is 0 Å². The van der Waals surface area contributed by atoms with Crippen LogP contribution in [0.3, 0.4) is 0 Å². The van der Waals surface area contributed by atoms with Crippen molar-refractivity contribution < 1.29 is 4.79 Å². The molecule has 1 amide bonds. The lowest BCUT2D eigenvalue weighted by Gasteiger charge is -2.21. The van der Waals surface area contributed by atoms with Crippen molar-refractivity contribution in [2.45, 2.75) is 46.2 Å². The Morgan fingerprint density at radius 3 is 2.50 bits per heavy atom. The second-order valence-corrected chi connectivity index (χ2v) is 5.39. The second kappa shape index (κ2) is 5.11. The third-order valence-electron chi connectivity index (χ3n) is 3.81. The van der Waals surface area contributed by atoms with Gasteiger partial charge in [-0.25, -0.2) is 0 Å². The number of benzene rings is 1. The molecule has 2 atom stereocenters. The molecule has 0 saturated carbocycles. The molecule has 3 nitrogen and oxygen atoms in total. The summed E-state index contributed by atoms with van der Waals surface area (Å²) in [5.74, 6) is 0.150.